The molecule has 0 aromatic carbocycles. The summed E-state index contributed by atoms with van der Waals surface area (Å²) in [6.45, 7) is 0. The maximum Gasteiger partial charge on any atom is 0.643 e. The highest BCUT2D eigenvalue weighted by atomic mass is 35.8. The molecule has 0 radical (unpaired) electrons. The number of nitrogens with zero attached hydrogens (tertiary/aromatic N) is 1. The van der Waals surface area contributed by atoms with E-state index < -0.39 is 11.4 Å². The van der Waals surface area contributed by atoms with Crippen LogP contribution >= 0.6 is 30.1 Å². The fourth-order valence-electron chi connectivity index (χ4n) is 0.215. The van der Waals surface area contributed by atoms with Gasteiger partial charge in [-0.25, -0.2) is 35.1 Å². The Kier molecular flexibility index (Phi) is 12.6. The lowest BCUT2D eigenvalue weighted by molar-refractivity contribution is 0.824. The number of hydrogen-bond donors (Lipinski definition) is 1. The van der Waals surface area contributed by atoms with Gasteiger partial charge in [0.1, 0.15) is 0 Å². The largest absolute Gasteiger partial charge is 0.643 e. The fraction of sp³-hybridized carbons (Fsp3) is 0. The molecule has 0 spiro atoms. The van der Waals surface area contributed by atoms with Crippen LogP contribution in [0.1, 0.15) is 0 Å². The molecule has 3 N–H and O–H groups in total. The van der Waals surface area contributed by atoms with Gasteiger partial charge in [0.2, 0.25) is 0 Å². The quantitative estimate of drug-likeness (QED) is 0.656. The van der Waals surface area contributed by atoms with Gasteiger partial charge in [0.25, 0.3) is 0 Å². The normalized spacial score (nSPS) is 6.70. The molecular weight excluding hydrogens is 213 g/mol. The Balaban J connectivity index is 0. The second kappa shape index (κ2) is 9.57. The monoisotopic (exact) mass is 218 g/mol. The van der Waals surface area contributed by atoms with Gasteiger partial charge in [-0.3, -0.25) is 0 Å². The van der Waals surface area contributed by atoms with Crippen molar-refractivity contribution in [1.29, 1.82) is 0 Å². The van der Waals surface area contributed by atoms with Crippen LogP contribution in [0.5, 0.6) is 0 Å². The van der Waals surface area contributed by atoms with Crippen molar-refractivity contribution in [2.24, 2.45) is 0 Å². The number of rotatable bonds is 0. The van der Waals surface area contributed by atoms with E-state index in [-0.39, 0.29) is 5.48 Å². The summed E-state index contributed by atoms with van der Waals surface area (Å²) < 4.78 is 0. The molecule has 0 unspecified atom stereocenters. The summed E-state index contributed by atoms with van der Waals surface area (Å²) in [5.74, 6) is 0. The molecule has 0 amide bonds. The lowest BCUT2D eigenvalue weighted by atomic mass is 11.0. The molecule has 7 heteroatoms. The molecular formula is C3H6AlCl3N2O. The van der Waals surface area contributed by atoms with E-state index in [1.807, 2.05) is 0 Å². The van der Waals surface area contributed by atoms with E-state index in [1.54, 1.807) is 18.7 Å². The third kappa shape index (κ3) is 15.8. The summed E-state index contributed by atoms with van der Waals surface area (Å²) in [5.41, 5.74) is 0. The minimum atomic E-state index is -1.72. The third-order valence-electron chi connectivity index (χ3n) is 0.406. The van der Waals surface area contributed by atoms with Crippen molar-refractivity contribution in [3.05, 3.63) is 18.7 Å². The number of aromatic amines is 1. The summed E-state index contributed by atoms with van der Waals surface area (Å²) in [7, 11) is 14.8. The number of nitrogens with one attached hydrogen (secondary N) is 1. The molecule has 0 bridgehead atoms. The van der Waals surface area contributed by atoms with Crippen LogP contribution in [0.25, 0.3) is 0 Å². The number of halogens is 3. The molecule has 3 nitrogen and oxygen atoms in total. The average molecular weight is 219 g/mol. The highest BCUT2D eigenvalue weighted by molar-refractivity contribution is 7.54. The Morgan fingerprint density at radius 3 is 1.90 bits per heavy atom. The van der Waals surface area contributed by atoms with Gasteiger partial charge >= 0.3 is 11.4 Å². The van der Waals surface area contributed by atoms with Crippen molar-refractivity contribution in [2.45, 2.75) is 0 Å². The lowest BCUT2D eigenvalue weighted by Gasteiger charge is -1.57. The number of H-pyrrole nitrogens is 1. The minimum absolute atomic E-state index is 0. The first kappa shape index (κ1) is 13.2. The fourth-order valence-corrected chi connectivity index (χ4v) is 0.215. The van der Waals surface area contributed by atoms with Crippen molar-refractivity contribution in [1.82, 2.24) is 9.97 Å². The van der Waals surface area contributed by atoms with E-state index in [0.717, 1.165) is 0 Å². The van der Waals surface area contributed by atoms with Gasteiger partial charge in [0, 0.05) is 12.4 Å². The van der Waals surface area contributed by atoms with Crippen LogP contribution in [0, 0.1) is 0 Å². The van der Waals surface area contributed by atoms with E-state index in [9.17, 15) is 0 Å². The smallest absolute Gasteiger partial charge is 0.412 e. The topological polar surface area (TPSA) is 60.2 Å². The van der Waals surface area contributed by atoms with Crippen molar-refractivity contribution >= 4 is 41.5 Å². The molecule has 0 saturated heterocycles. The van der Waals surface area contributed by atoms with Crippen molar-refractivity contribution in [3.8, 4) is 0 Å². The van der Waals surface area contributed by atoms with Gasteiger partial charge in [-0.1, -0.05) is 0 Å². The van der Waals surface area contributed by atoms with Gasteiger partial charge in [-0.05, 0) is 0 Å². The Labute approximate surface area is 75.6 Å². The summed E-state index contributed by atoms with van der Waals surface area (Å²) in [5, 5.41) is 0. The van der Waals surface area contributed by atoms with Crippen LogP contribution in [0.2, 0.25) is 0 Å². The Hall–Kier alpha value is 0.572. The zero-order valence-electron chi connectivity index (χ0n) is 4.89. The molecule has 10 heavy (non-hydrogen) atoms. The molecule has 0 saturated carbocycles. The minimum Gasteiger partial charge on any atom is -0.412 e. The van der Waals surface area contributed by atoms with Crippen LogP contribution < -0.4 is 0 Å². The van der Waals surface area contributed by atoms with Gasteiger partial charge in [-0.2, -0.15) is 0 Å². The van der Waals surface area contributed by atoms with Crippen molar-refractivity contribution < 1.29 is 5.48 Å². The van der Waals surface area contributed by atoms with Crippen LogP contribution in [0.3, 0.4) is 0 Å². The maximum absolute atomic E-state index is 4.94. The first-order valence-corrected chi connectivity index (χ1v) is 7.32. The second-order valence-electron chi connectivity index (χ2n) is 1.01. The van der Waals surface area contributed by atoms with E-state index >= 15 is 0 Å². The van der Waals surface area contributed by atoms with Gasteiger partial charge < -0.3 is 10.5 Å². The number of hydrogen-bond acceptors (Lipinski definition) is 1. The van der Waals surface area contributed by atoms with Crippen LogP contribution in [-0.4, -0.2) is 26.8 Å². The molecule has 1 rings (SSSR count). The van der Waals surface area contributed by atoms with Crippen molar-refractivity contribution in [3.63, 3.8) is 0 Å². The highest BCUT2D eigenvalue weighted by Crippen LogP contribution is 1.97. The summed E-state index contributed by atoms with van der Waals surface area (Å²) in [6.07, 6.45) is 5.08. The first-order chi connectivity index (χ1) is 4.23. The Morgan fingerprint density at radius 2 is 1.80 bits per heavy atom. The predicted molar refractivity (Wildman–Crippen MR) is 45.5 cm³/mol. The Morgan fingerprint density at radius 1 is 1.30 bits per heavy atom. The predicted octanol–water partition coefficient (Wildman–Crippen LogP) is 1.27. The molecule has 0 atom stereocenters. The lowest BCUT2D eigenvalue weighted by Crippen LogP contribution is -1.66. The standard InChI is InChI=1S/C3H4N2.Al.3ClH.H2O/c1-2-5-3-4-1;;;;;/h1-3H,(H,4,5);;3*1H;1H2/q;+3;;;;/p-3. The van der Waals surface area contributed by atoms with Gasteiger partial charge in [0.05, 0.1) is 6.33 Å². The average Bonchev–Trinajstić information content (AvgIpc) is 2.11. The molecule has 1 aromatic heterocycles. The summed E-state index contributed by atoms with van der Waals surface area (Å²) in [6, 6.07) is 0. The van der Waals surface area contributed by atoms with E-state index in [4.69, 9.17) is 30.1 Å². The highest BCUT2D eigenvalue weighted by Gasteiger charge is 2.00. The molecule has 0 aliphatic carbocycles. The van der Waals surface area contributed by atoms with Crippen LogP contribution in [0.4, 0.5) is 0 Å². The van der Waals surface area contributed by atoms with Gasteiger partial charge in [0.15, 0.2) is 0 Å². The zero-order chi connectivity index (χ0) is 7.11. The molecule has 1 aromatic rings. The Bertz CT molecular complexity index is 105. The summed E-state index contributed by atoms with van der Waals surface area (Å²) in [4.78, 5) is 6.42. The van der Waals surface area contributed by atoms with Crippen LogP contribution in [-0.2, 0) is 0 Å². The third-order valence-corrected chi connectivity index (χ3v) is 0.406. The summed E-state index contributed by atoms with van der Waals surface area (Å²) >= 11 is -1.72. The first-order valence-electron chi connectivity index (χ1n) is 2.08. The van der Waals surface area contributed by atoms with E-state index in [1.165, 1.54) is 0 Å². The number of aromatic nitrogens is 2. The second-order valence-corrected chi connectivity index (χ2v) is 7.44. The van der Waals surface area contributed by atoms with Crippen LogP contribution in [0.15, 0.2) is 18.7 Å². The van der Waals surface area contributed by atoms with Gasteiger partial charge in [-0.15, -0.1) is 0 Å². The molecule has 0 aliphatic rings. The van der Waals surface area contributed by atoms with E-state index in [0.29, 0.717) is 0 Å². The zero-order valence-corrected chi connectivity index (χ0v) is 8.31. The SMILES string of the molecule is O.[Cl][Al]([Cl])[Cl].c1c[nH]cn1. The molecule has 0 aliphatic heterocycles. The molecule has 1 heterocycles. The number of imidazole rings is 1. The van der Waals surface area contributed by atoms with Crippen molar-refractivity contribution in [2.75, 3.05) is 0 Å². The molecule has 58 valence electrons. The molecule has 0 fully saturated rings. The maximum atomic E-state index is 4.94. The van der Waals surface area contributed by atoms with E-state index in [2.05, 4.69) is 9.97 Å².